The van der Waals surface area contributed by atoms with E-state index in [0.29, 0.717) is 11.3 Å². The molecule has 0 saturated heterocycles. The molecule has 0 aliphatic heterocycles. The second-order valence-electron chi connectivity index (χ2n) is 2.90. The van der Waals surface area contributed by atoms with Gasteiger partial charge in [0, 0.05) is 12.6 Å². The smallest absolute Gasteiger partial charge is 0.298 e. The van der Waals surface area contributed by atoms with Crippen molar-refractivity contribution in [1.29, 1.82) is 0 Å². The molecule has 6 heteroatoms. The van der Waals surface area contributed by atoms with Gasteiger partial charge in [-0.25, -0.2) is 4.72 Å². The van der Waals surface area contributed by atoms with Crippen molar-refractivity contribution in [1.82, 2.24) is 4.72 Å². The van der Waals surface area contributed by atoms with Crippen LogP contribution in [0, 0.1) is 11.8 Å². The molecular weight excluding hydrogens is 226 g/mol. The molecular formula is C10H13N3O2S. The molecule has 0 aliphatic rings. The maximum Gasteiger partial charge on any atom is 0.298 e. The van der Waals surface area contributed by atoms with Crippen molar-refractivity contribution in [3.05, 3.63) is 29.8 Å². The van der Waals surface area contributed by atoms with Crippen LogP contribution in [0.1, 0.15) is 5.56 Å². The third kappa shape index (κ3) is 3.90. The van der Waals surface area contributed by atoms with E-state index < -0.39 is 10.2 Å². The molecule has 0 atom stereocenters. The molecule has 5 nitrogen and oxygen atoms in total. The molecule has 0 amide bonds. The van der Waals surface area contributed by atoms with E-state index in [2.05, 4.69) is 21.3 Å². The maximum absolute atomic E-state index is 11.2. The molecule has 0 aliphatic carbocycles. The highest BCUT2D eigenvalue weighted by atomic mass is 32.2. The molecule has 0 bridgehead atoms. The first kappa shape index (κ1) is 12.5. The van der Waals surface area contributed by atoms with Crippen LogP contribution in [-0.4, -0.2) is 22.0 Å². The third-order valence-electron chi connectivity index (χ3n) is 1.72. The summed E-state index contributed by atoms with van der Waals surface area (Å²) in [6, 6.07) is 6.77. The van der Waals surface area contributed by atoms with E-state index in [1.807, 2.05) is 0 Å². The number of benzene rings is 1. The standard InChI is InChI=1S/C10H13N3O2S/c1-12-16(14,15)13-10-6-2-4-9(8-10)5-3-7-11/h2,4,6,8,12-13H,7,11H2,1H3. The lowest BCUT2D eigenvalue weighted by Gasteiger charge is -2.06. The molecule has 1 rings (SSSR count). The molecule has 16 heavy (non-hydrogen) atoms. The van der Waals surface area contributed by atoms with Gasteiger partial charge in [0.2, 0.25) is 0 Å². The highest BCUT2D eigenvalue weighted by molar-refractivity contribution is 7.90. The van der Waals surface area contributed by atoms with Gasteiger partial charge in [0.05, 0.1) is 12.2 Å². The molecule has 0 aromatic heterocycles. The minimum Gasteiger partial charge on any atom is -0.320 e. The van der Waals surface area contributed by atoms with Gasteiger partial charge in [0.25, 0.3) is 10.2 Å². The molecule has 1 aromatic carbocycles. The monoisotopic (exact) mass is 239 g/mol. The van der Waals surface area contributed by atoms with Gasteiger partial charge in [-0.3, -0.25) is 4.72 Å². The minimum atomic E-state index is -3.48. The average Bonchev–Trinajstić information content (AvgIpc) is 2.26. The van der Waals surface area contributed by atoms with Crippen molar-refractivity contribution in [3.63, 3.8) is 0 Å². The lowest BCUT2D eigenvalue weighted by Crippen LogP contribution is -2.26. The molecule has 86 valence electrons. The fourth-order valence-corrected chi connectivity index (χ4v) is 1.56. The second kappa shape index (κ2) is 5.51. The molecule has 0 heterocycles. The van der Waals surface area contributed by atoms with Gasteiger partial charge in [0.15, 0.2) is 0 Å². The number of rotatable bonds is 3. The predicted molar refractivity (Wildman–Crippen MR) is 64.0 cm³/mol. The summed E-state index contributed by atoms with van der Waals surface area (Å²) in [7, 11) is -2.15. The van der Waals surface area contributed by atoms with Crippen LogP contribution in [0.15, 0.2) is 24.3 Å². The maximum atomic E-state index is 11.2. The van der Waals surface area contributed by atoms with Crippen LogP contribution in [0.5, 0.6) is 0 Å². The number of hydrogen-bond donors (Lipinski definition) is 3. The van der Waals surface area contributed by atoms with E-state index in [1.165, 1.54) is 7.05 Å². The minimum absolute atomic E-state index is 0.270. The Kier molecular flexibility index (Phi) is 4.31. The number of nitrogens with two attached hydrogens (primary N) is 1. The zero-order valence-electron chi connectivity index (χ0n) is 8.82. The number of hydrogen-bond acceptors (Lipinski definition) is 3. The van der Waals surface area contributed by atoms with E-state index in [4.69, 9.17) is 5.73 Å². The summed E-state index contributed by atoms with van der Waals surface area (Å²) in [4.78, 5) is 0. The number of nitrogens with one attached hydrogen (secondary N) is 2. The van der Waals surface area contributed by atoms with Crippen LogP contribution in [0.4, 0.5) is 5.69 Å². The Labute approximate surface area is 95.2 Å². The fraction of sp³-hybridized carbons (Fsp3) is 0.200. The number of anilines is 1. The van der Waals surface area contributed by atoms with Gasteiger partial charge in [-0.15, -0.1) is 0 Å². The molecule has 0 radical (unpaired) electrons. The van der Waals surface area contributed by atoms with Crippen LogP contribution >= 0.6 is 0 Å². The fourth-order valence-electron chi connectivity index (χ4n) is 1.02. The summed E-state index contributed by atoms with van der Waals surface area (Å²) >= 11 is 0. The summed E-state index contributed by atoms with van der Waals surface area (Å²) in [5.41, 5.74) is 6.41. The van der Waals surface area contributed by atoms with Crippen LogP contribution in [0.3, 0.4) is 0 Å². The van der Waals surface area contributed by atoms with E-state index in [1.54, 1.807) is 24.3 Å². The molecule has 0 spiro atoms. The lowest BCUT2D eigenvalue weighted by molar-refractivity contribution is 0.593. The van der Waals surface area contributed by atoms with Crippen LogP contribution in [-0.2, 0) is 10.2 Å². The summed E-state index contributed by atoms with van der Waals surface area (Å²) in [6.45, 7) is 0.270. The van der Waals surface area contributed by atoms with Crippen molar-refractivity contribution in [2.75, 3.05) is 18.3 Å². The van der Waals surface area contributed by atoms with Crippen molar-refractivity contribution >= 4 is 15.9 Å². The van der Waals surface area contributed by atoms with Gasteiger partial charge < -0.3 is 5.73 Å². The Morgan fingerprint density at radius 2 is 2.19 bits per heavy atom. The summed E-state index contributed by atoms with van der Waals surface area (Å²) in [6.07, 6.45) is 0. The molecule has 1 aromatic rings. The lowest BCUT2D eigenvalue weighted by atomic mass is 10.2. The van der Waals surface area contributed by atoms with E-state index in [9.17, 15) is 8.42 Å². The SMILES string of the molecule is CNS(=O)(=O)Nc1cccc(C#CCN)c1. The zero-order chi connectivity index (χ0) is 12.0. The predicted octanol–water partition coefficient (Wildman–Crippen LogP) is -0.127. The van der Waals surface area contributed by atoms with Crippen molar-refractivity contribution < 1.29 is 8.42 Å². The molecule has 0 unspecified atom stereocenters. The summed E-state index contributed by atoms with van der Waals surface area (Å²) < 4.78 is 26.9. The van der Waals surface area contributed by atoms with Crippen LogP contribution in [0.2, 0.25) is 0 Å². The Balaban J connectivity index is 2.91. The van der Waals surface area contributed by atoms with Gasteiger partial charge in [-0.1, -0.05) is 17.9 Å². The summed E-state index contributed by atoms with van der Waals surface area (Å²) in [5.74, 6) is 5.51. The first-order valence-corrected chi connectivity index (χ1v) is 6.06. The van der Waals surface area contributed by atoms with E-state index in [-0.39, 0.29) is 6.54 Å². The Morgan fingerprint density at radius 1 is 1.44 bits per heavy atom. The first-order chi connectivity index (χ1) is 7.57. The topological polar surface area (TPSA) is 84.2 Å². The van der Waals surface area contributed by atoms with Gasteiger partial charge in [-0.05, 0) is 18.2 Å². The molecule has 0 saturated carbocycles. The Morgan fingerprint density at radius 3 is 2.81 bits per heavy atom. The van der Waals surface area contributed by atoms with Crippen molar-refractivity contribution in [2.45, 2.75) is 0 Å². The highest BCUT2D eigenvalue weighted by Gasteiger charge is 2.05. The Bertz CT molecular complexity index is 514. The third-order valence-corrected chi connectivity index (χ3v) is 2.76. The normalized spacial score (nSPS) is 10.4. The van der Waals surface area contributed by atoms with Crippen molar-refractivity contribution in [3.8, 4) is 11.8 Å². The quantitative estimate of drug-likeness (QED) is 0.643. The summed E-state index contributed by atoms with van der Waals surface area (Å²) in [5, 5.41) is 0. The highest BCUT2D eigenvalue weighted by Crippen LogP contribution is 2.10. The van der Waals surface area contributed by atoms with Crippen molar-refractivity contribution in [2.24, 2.45) is 5.73 Å². The molecule has 4 N–H and O–H groups in total. The molecule has 0 fully saturated rings. The Hall–Kier alpha value is -1.55. The van der Waals surface area contributed by atoms with Gasteiger partial charge in [0.1, 0.15) is 0 Å². The van der Waals surface area contributed by atoms with Gasteiger partial charge in [-0.2, -0.15) is 8.42 Å². The van der Waals surface area contributed by atoms with Gasteiger partial charge >= 0.3 is 0 Å². The zero-order valence-corrected chi connectivity index (χ0v) is 9.64. The van der Waals surface area contributed by atoms with Crippen LogP contribution in [0.25, 0.3) is 0 Å². The van der Waals surface area contributed by atoms with E-state index in [0.717, 1.165) is 0 Å². The largest absolute Gasteiger partial charge is 0.320 e. The van der Waals surface area contributed by atoms with Crippen LogP contribution < -0.4 is 15.2 Å². The second-order valence-corrected chi connectivity index (χ2v) is 4.52. The van der Waals surface area contributed by atoms with E-state index >= 15 is 0 Å². The first-order valence-electron chi connectivity index (χ1n) is 4.57. The average molecular weight is 239 g/mol.